The van der Waals surface area contributed by atoms with Crippen molar-refractivity contribution in [1.82, 2.24) is 9.78 Å². The molecule has 0 fully saturated rings. The van der Waals surface area contributed by atoms with Crippen molar-refractivity contribution in [3.05, 3.63) is 46.4 Å². The van der Waals surface area contributed by atoms with Crippen LogP contribution in [-0.4, -0.2) is 15.7 Å². The van der Waals surface area contributed by atoms with Crippen LogP contribution in [0.5, 0.6) is 0 Å². The van der Waals surface area contributed by atoms with Crippen LogP contribution in [0.3, 0.4) is 0 Å². The highest BCUT2D eigenvalue weighted by Gasteiger charge is 2.14. The topological polar surface area (TPSA) is 46.9 Å². The Hall–Kier alpha value is -1.69. The third-order valence-corrected chi connectivity index (χ3v) is 3.20. The van der Waals surface area contributed by atoms with E-state index in [1.54, 1.807) is 23.0 Å². The molecular formula is C13H13BrFN3O. The van der Waals surface area contributed by atoms with Gasteiger partial charge in [-0.1, -0.05) is 6.07 Å². The molecule has 6 heteroatoms. The first-order valence-corrected chi connectivity index (χ1v) is 6.58. The SMILES string of the molecule is CC(C)n1cc(NC(=O)c2cccc(Br)c2F)cn1. The molecule has 1 amide bonds. The van der Waals surface area contributed by atoms with Gasteiger partial charge in [0.05, 0.1) is 21.9 Å². The monoisotopic (exact) mass is 325 g/mol. The highest BCUT2D eigenvalue weighted by atomic mass is 79.9. The van der Waals surface area contributed by atoms with Gasteiger partial charge in [0.15, 0.2) is 0 Å². The Morgan fingerprint density at radius 3 is 2.84 bits per heavy atom. The lowest BCUT2D eigenvalue weighted by atomic mass is 10.2. The van der Waals surface area contributed by atoms with Gasteiger partial charge in [-0.05, 0) is 41.9 Å². The number of halogens is 2. The number of anilines is 1. The molecule has 4 nitrogen and oxygen atoms in total. The van der Waals surface area contributed by atoms with Crippen LogP contribution >= 0.6 is 15.9 Å². The molecule has 0 spiro atoms. The minimum Gasteiger partial charge on any atom is -0.319 e. The number of carbonyl (C=O) groups is 1. The van der Waals surface area contributed by atoms with E-state index < -0.39 is 11.7 Å². The third kappa shape index (κ3) is 3.01. The van der Waals surface area contributed by atoms with E-state index in [1.165, 1.54) is 12.3 Å². The van der Waals surface area contributed by atoms with Crippen molar-refractivity contribution < 1.29 is 9.18 Å². The van der Waals surface area contributed by atoms with E-state index in [2.05, 4.69) is 26.3 Å². The largest absolute Gasteiger partial charge is 0.319 e. The zero-order valence-electron chi connectivity index (χ0n) is 10.5. The van der Waals surface area contributed by atoms with Gasteiger partial charge in [-0.3, -0.25) is 9.48 Å². The molecule has 100 valence electrons. The standard InChI is InChI=1S/C13H13BrFN3O/c1-8(2)18-7-9(6-16-18)17-13(19)10-4-3-5-11(14)12(10)15/h3-8H,1-2H3,(H,17,19). The fourth-order valence-corrected chi connectivity index (χ4v) is 1.93. The van der Waals surface area contributed by atoms with Gasteiger partial charge in [-0.2, -0.15) is 5.10 Å². The molecule has 0 unspecified atom stereocenters. The van der Waals surface area contributed by atoms with Gasteiger partial charge >= 0.3 is 0 Å². The van der Waals surface area contributed by atoms with Gasteiger partial charge in [0.1, 0.15) is 5.82 Å². The number of benzene rings is 1. The summed E-state index contributed by atoms with van der Waals surface area (Å²) in [4.78, 5) is 12.0. The summed E-state index contributed by atoms with van der Waals surface area (Å²) in [5.41, 5.74) is 0.532. The molecule has 0 radical (unpaired) electrons. The van der Waals surface area contributed by atoms with Crippen LogP contribution in [0.15, 0.2) is 35.1 Å². The molecule has 1 aromatic heterocycles. The lowest BCUT2D eigenvalue weighted by Crippen LogP contribution is -2.13. The Labute approximate surface area is 118 Å². The van der Waals surface area contributed by atoms with Crippen molar-refractivity contribution >= 4 is 27.5 Å². The van der Waals surface area contributed by atoms with Crippen LogP contribution in [0.25, 0.3) is 0 Å². The fourth-order valence-electron chi connectivity index (χ4n) is 1.56. The van der Waals surface area contributed by atoms with Crippen molar-refractivity contribution in [3.63, 3.8) is 0 Å². The Bertz CT molecular complexity index is 610. The van der Waals surface area contributed by atoms with Gasteiger partial charge in [0.25, 0.3) is 5.91 Å². The molecule has 1 aromatic carbocycles. The molecule has 19 heavy (non-hydrogen) atoms. The average molecular weight is 326 g/mol. The Kier molecular flexibility index (Phi) is 3.99. The van der Waals surface area contributed by atoms with E-state index in [9.17, 15) is 9.18 Å². The molecule has 0 atom stereocenters. The van der Waals surface area contributed by atoms with Crippen LogP contribution in [0, 0.1) is 5.82 Å². The second-order valence-corrected chi connectivity index (χ2v) is 5.21. The van der Waals surface area contributed by atoms with Gasteiger partial charge in [0.2, 0.25) is 0 Å². The Morgan fingerprint density at radius 1 is 1.47 bits per heavy atom. The molecule has 0 saturated carbocycles. The van der Waals surface area contributed by atoms with Gasteiger partial charge in [-0.15, -0.1) is 0 Å². The summed E-state index contributed by atoms with van der Waals surface area (Å²) < 4.78 is 15.7. The molecule has 1 N–H and O–H groups in total. The molecule has 2 aromatic rings. The number of aromatic nitrogens is 2. The van der Waals surface area contributed by atoms with Crippen molar-refractivity contribution in [1.29, 1.82) is 0 Å². The predicted octanol–water partition coefficient (Wildman–Crippen LogP) is 3.62. The Morgan fingerprint density at radius 2 is 2.21 bits per heavy atom. The number of amides is 1. The second kappa shape index (κ2) is 5.52. The van der Waals surface area contributed by atoms with Crippen molar-refractivity contribution in [2.75, 3.05) is 5.32 Å². The molecular weight excluding hydrogens is 313 g/mol. The van der Waals surface area contributed by atoms with E-state index in [0.29, 0.717) is 5.69 Å². The van der Waals surface area contributed by atoms with Crippen LogP contribution < -0.4 is 5.32 Å². The maximum absolute atomic E-state index is 13.8. The Balaban J connectivity index is 2.18. The number of hydrogen-bond acceptors (Lipinski definition) is 2. The molecule has 0 aliphatic heterocycles. The third-order valence-electron chi connectivity index (χ3n) is 2.58. The van der Waals surface area contributed by atoms with Crippen LogP contribution in [0.2, 0.25) is 0 Å². The second-order valence-electron chi connectivity index (χ2n) is 4.36. The molecule has 1 heterocycles. The smallest absolute Gasteiger partial charge is 0.258 e. The molecule has 0 bridgehead atoms. The van der Waals surface area contributed by atoms with E-state index in [-0.39, 0.29) is 16.1 Å². The minimum atomic E-state index is -0.573. The zero-order valence-corrected chi connectivity index (χ0v) is 12.1. The normalized spacial score (nSPS) is 10.8. The van der Waals surface area contributed by atoms with Crippen molar-refractivity contribution in [2.24, 2.45) is 0 Å². The van der Waals surface area contributed by atoms with Gasteiger partial charge < -0.3 is 5.32 Å². The summed E-state index contributed by atoms with van der Waals surface area (Å²) in [6.07, 6.45) is 3.24. The zero-order chi connectivity index (χ0) is 14.0. The molecule has 2 rings (SSSR count). The van der Waals surface area contributed by atoms with Gasteiger partial charge in [0, 0.05) is 12.2 Å². The quantitative estimate of drug-likeness (QED) is 0.936. The maximum Gasteiger partial charge on any atom is 0.258 e. The number of carbonyl (C=O) groups excluding carboxylic acids is 1. The van der Waals surface area contributed by atoms with E-state index in [1.807, 2.05) is 13.8 Å². The van der Waals surface area contributed by atoms with Crippen LogP contribution in [-0.2, 0) is 0 Å². The number of nitrogens with one attached hydrogen (secondary N) is 1. The molecule has 0 saturated heterocycles. The highest BCUT2D eigenvalue weighted by Crippen LogP contribution is 2.20. The summed E-state index contributed by atoms with van der Waals surface area (Å²) in [5.74, 6) is -1.07. The number of hydrogen-bond donors (Lipinski definition) is 1. The van der Waals surface area contributed by atoms with Crippen molar-refractivity contribution in [2.45, 2.75) is 19.9 Å². The average Bonchev–Trinajstić information content (AvgIpc) is 2.81. The van der Waals surface area contributed by atoms with E-state index in [4.69, 9.17) is 0 Å². The maximum atomic E-state index is 13.8. The van der Waals surface area contributed by atoms with E-state index >= 15 is 0 Å². The molecule has 0 aliphatic rings. The first kappa shape index (κ1) is 13.7. The first-order valence-electron chi connectivity index (χ1n) is 5.78. The first-order chi connectivity index (χ1) is 8.99. The predicted molar refractivity (Wildman–Crippen MR) is 74.7 cm³/mol. The minimum absolute atomic E-state index is 0.00771. The number of nitrogens with zero attached hydrogens (tertiary/aromatic N) is 2. The van der Waals surface area contributed by atoms with Crippen LogP contribution in [0.1, 0.15) is 30.2 Å². The van der Waals surface area contributed by atoms with Crippen LogP contribution in [0.4, 0.5) is 10.1 Å². The summed E-state index contributed by atoms with van der Waals surface area (Å²) in [6.45, 7) is 3.96. The summed E-state index contributed by atoms with van der Waals surface area (Å²) in [5, 5.41) is 6.72. The van der Waals surface area contributed by atoms with E-state index in [0.717, 1.165) is 0 Å². The molecule has 0 aliphatic carbocycles. The highest BCUT2D eigenvalue weighted by molar-refractivity contribution is 9.10. The fraction of sp³-hybridized carbons (Fsp3) is 0.231. The lowest BCUT2D eigenvalue weighted by molar-refractivity contribution is 0.102. The summed E-state index contributed by atoms with van der Waals surface area (Å²) in [7, 11) is 0. The number of rotatable bonds is 3. The van der Waals surface area contributed by atoms with Gasteiger partial charge in [-0.25, -0.2) is 4.39 Å². The summed E-state index contributed by atoms with van der Waals surface area (Å²) >= 11 is 3.05. The van der Waals surface area contributed by atoms with Crippen molar-refractivity contribution in [3.8, 4) is 0 Å². The lowest BCUT2D eigenvalue weighted by Gasteiger charge is -2.05. The summed E-state index contributed by atoms with van der Waals surface area (Å²) in [6, 6.07) is 4.79.